The van der Waals surface area contributed by atoms with E-state index in [0.29, 0.717) is 18.9 Å². The molecule has 1 amide bonds. The van der Waals surface area contributed by atoms with Crippen molar-refractivity contribution in [1.29, 1.82) is 0 Å². The summed E-state index contributed by atoms with van der Waals surface area (Å²) in [6, 6.07) is 9.63. The summed E-state index contributed by atoms with van der Waals surface area (Å²) in [7, 11) is 0. The number of aryl methyl sites for hydroxylation is 1. The van der Waals surface area contributed by atoms with Gasteiger partial charge >= 0.3 is 11.8 Å². The molecule has 8 heteroatoms. The van der Waals surface area contributed by atoms with Crippen molar-refractivity contribution in [3.8, 4) is 0 Å². The summed E-state index contributed by atoms with van der Waals surface area (Å²) in [5.41, 5.74) is 2.99. The molecule has 2 heterocycles. The maximum Gasteiger partial charge on any atom is 0.316 e. The maximum atomic E-state index is 12.1. The van der Waals surface area contributed by atoms with Gasteiger partial charge in [0.15, 0.2) is 5.82 Å². The van der Waals surface area contributed by atoms with Crippen LogP contribution in [0.2, 0.25) is 0 Å². The molecule has 2 aromatic heterocycles. The Kier molecular flexibility index (Phi) is 4.93. The lowest BCUT2D eigenvalue weighted by atomic mass is 10.2. The van der Waals surface area contributed by atoms with E-state index >= 15 is 0 Å². The van der Waals surface area contributed by atoms with Crippen LogP contribution in [0.4, 0.5) is 0 Å². The highest BCUT2D eigenvalue weighted by atomic mass is 127. The summed E-state index contributed by atoms with van der Waals surface area (Å²) >= 11 is 2.25. The van der Waals surface area contributed by atoms with Crippen molar-refractivity contribution in [1.82, 2.24) is 25.2 Å². The smallest absolute Gasteiger partial charge is 0.316 e. The van der Waals surface area contributed by atoms with Crippen molar-refractivity contribution in [2.75, 3.05) is 0 Å². The zero-order valence-corrected chi connectivity index (χ0v) is 15.4. The van der Waals surface area contributed by atoms with Gasteiger partial charge in [-0.05, 0) is 42.0 Å². The maximum absolute atomic E-state index is 12.1. The third-order valence-corrected chi connectivity index (χ3v) is 5.10. The summed E-state index contributed by atoms with van der Waals surface area (Å²) in [5, 5.41) is 11.0. The van der Waals surface area contributed by atoms with Gasteiger partial charge in [0, 0.05) is 12.2 Å². The van der Waals surface area contributed by atoms with Crippen LogP contribution in [0.25, 0.3) is 0 Å². The van der Waals surface area contributed by atoms with E-state index in [2.05, 4.69) is 43.1 Å². The highest BCUT2D eigenvalue weighted by Crippen LogP contribution is 2.16. The molecule has 3 rings (SSSR count). The zero-order chi connectivity index (χ0) is 17.1. The lowest BCUT2D eigenvalue weighted by molar-refractivity contribution is 0.0907. The number of amides is 1. The van der Waals surface area contributed by atoms with Crippen molar-refractivity contribution >= 4 is 28.5 Å². The number of nitrogens with zero attached hydrogens (tertiary/aromatic N) is 4. The second-order valence-electron chi connectivity index (χ2n) is 5.33. The lowest BCUT2D eigenvalue weighted by Crippen LogP contribution is -2.23. The molecule has 0 radical (unpaired) electrons. The van der Waals surface area contributed by atoms with Gasteiger partial charge in [-0.3, -0.25) is 9.48 Å². The van der Waals surface area contributed by atoms with Gasteiger partial charge in [0.05, 0.1) is 9.26 Å². The number of carbonyl (C=O) groups excluding carboxylic acids is 1. The molecule has 0 bridgehead atoms. The second-order valence-corrected chi connectivity index (χ2v) is 6.41. The minimum atomic E-state index is -0.388. The van der Waals surface area contributed by atoms with Crippen LogP contribution in [0, 0.1) is 17.4 Å². The Labute approximate surface area is 152 Å². The Morgan fingerprint density at radius 2 is 2.04 bits per heavy atom. The molecule has 124 valence electrons. The Bertz CT molecular complexity index is 857. The fourth-order valence-electron chi connectivity index (χ4n) is 2.23. The van der Waals surface area contributed by atoms with Crippen LogP contribution in [0.5, 0.6) is 0 Å². The van der Waals surface area contributed by atoms with Crippen LogP contribution < -0.4 is 5.32 Å². The Balaban J connectivity index is 1.64. The number of aromatic nitrogens is 4. The van der Waals surface area contributed by atoms with E-state index in [-0.39, 0.29) is 11.8 Å². The lowest BCUT2D eigenvalue weighted by Gasteiger charge is -2.01. The fourth-order valence-corrected chi connectivity index (χ4v) is 2.61. The predicted molar refractivity (Wildman–Crippen MR) is 95.4 cm³/mol. The molecule has 0 spiro atoms. The van der Waals surface area contributed by atoms with E-state index in [1.165, 1.54) is 0 Å². The van der Waals surface area contributed by atoms with Crippen molar-refractivity contribution < 1.29 is 9.32 Å². The highest BCUT2D eigenvalue weighted by Gasteiger charge is 2.17. The van der Waals surface area contributed by atoms with E-state index in [4.69, 9.17) is 4.52 Å². The highest BCUT2D eigenvalue weighted by molar-refractivity contribution is 14.1. The molecular formula is C16H16IN5O2. The summed E-state index contributed by atoms with van der Waals surface area (Å²) in [5.74, 6) is -0.0143. The van der Waals surface area contributed by atoms with Gasteiger partial charge in [-0.1, -0.05) is 35.5 Å². The molecule has 0 aliphatic carbocycles. The summed E-state index contributed by atoms with van der Waals surface area (Å²) in [6.07, 6.45) is 0. The molecule has 0 aliphatic heterocycles. The third kappa shape index (κ3) is 3.64. The minimum absolute atomic E-state index is 0.0443. The summed E-state index contributed by atoms with van der Waals surface area (Å²) < 4.78 is 7.96. The molecule has 0 atom stereocenters. The molecule has 0 fully saturated rings. The number of hydrogen-bond acceptors (Lipinski definition) is 5. The molecule has 3 aromatic rings. The van der Waals surface area contributed by atoms with E-state index in [9.17, 15) is 4.79 Å². The average Bonchev–Trinajstić information content (AvgIpc) is 3.15. The number of nitrogens with one attached hydrogen (secondary N) is 1. The van der Waals surface area contributed by atoms with E-state index < -0.39 is 0 Å². The van der Waals surface area contributed by atoms with Crippen LogP contribution >= 0.6 is 22.6 Å². The first-order chi connectivity index (χ1) is 11.5. The number of carbonyl (C=O) groups is 1. The van der Waals surface area contributed by atoms with Gasteiger partial charge in [0.1, 0.15) is 6.54 Å². The average molecular weight is 437 g/mol. The topological polar surface area (TPSA) is 85.8 Å². The van der Waals surface area contributed by atoms with Crippen molar-refractivity contribution in [2.45, 2.75) is 26.9 Å². The van der Waals surface area contributed by atoms with Gasteiger partial charge in [-0.25, -0.2) is 0 Å². The number of hydrogen-bond donors (Lipinski definition) is 1. The van der Waals surface area contributed by atoms with Gasteiger partial charge in [-0.2, -0.15) is 10.1 Å². The second kappa shape index (κ2) is 7.12. The Hall–Kier alpha value is -2.23. The van der Waals surface area contributed by atoms with Crippen molar-refractivity contribution in [2.24, 2.45) is 0 Å². The molecule has 1 N–H and O–H groups in total. The number of benzene rings is 1. The molecule has 0 saturated heterocycles. The van der Waals surface area contributed by atoms with Crippen LogP contribution in [0.3, 0.4) is 0 Å². The van der Waals surface area contributed by atoms with Gasteiger partial charge < -0.3 is 9.84 Å². The van der Waals surface area contributed by atoms with Crippen molar-refractivity contribution in [3.63, 3.8) is 0 Å². The summed E-state index contributed by atoms with van der Waals surface area (Å²) in [4.78, 5) is 16.2. The molecule has 0 aliphatic rings. The van der Waals surface area contributed by atoms with Gasteiger partial charge in [-0.15, -0.1) is 0 Å². The largest absolute Gasteiger partial charge is 0.344 e. The van der Waals surface area contributed by atoms with Crippen LogP contribution in [0.15, 0.2) is 34.9 Å². The monoisotopic (exact) mass is 437 g/mol. The molecule has 0 saturated carbocycles. The van der Waals surface area contributed by atoms with Gasteiger partial charge in [0.2, 0.25) is 0 Å². The molecule has 7 nitrogen and oxygen atoms in total. The Morgan fingerprint density at radius 1 is 1.29 bits per heavy atom. The molecule has 1 aromatic carbocycles. The normalized spacial score (nSPS) is 10.8. The number of halogens is 1. The SMILES string of the molecule is Cc1nn(Cc2noc(C(=O)NCc3ccccc3)n2)c(C)c1I. The first kappa shape index (κ1) is 16.6. The quantitative estimate of drug-likeness (QED) is 0.620. The zero-order valence-electron chi connectivity index (χ0n) is 13.3. The van der Waals surface area contributed by atoms with Gasteiger partial charge in [0.25, 0.3) is 0 Å². The molecule has 24 heavy (non-hydrogen) atoms. The van der Waals surface area contributed by atoms with Crippen LogP contribution in [-0.4, -0.2) is 25.8 Å². The number of rotatable bonds is 5. The molecule has 0 unspecified atom stereocenters. The predicted octanol–water partition coefficient (Wildman–Crippen LogP) is 2.47. The van der Waals surface area contributed by atoms with E-state index in [1.807, 2.05) is 44.2 Å². The van der Waals surface area contributed by atoms with E-state index in [1.54, 1.807) is 4.68 Å². The summed E-state index contributed by atoms with van der Waals surface area (Å²) in [6.45, 7) is 4.71. The fraction of sp³-hybridized carbons (Fsp3) is 0.250. The molecular weight excluding hydrogens is 421 g/mol. The first-order valence-corrected chi connectivity index (χ1v) is 8.46. The first-order valence-electron chi connectivity index (χ1n) is 7.39. The van der Waals surface area contributed by atoms with E-state index in [0.717, 1.165) is 20.5 Å². The van der Waals surface area contributed by atoms with Crippen molar-refractivity contribution in [3.05, 3.63) is 62.6 Å². The third-order valence-electron chi connectivity index (χ3n) is 3.54. The Morgan fingerprint density at radius 3 is 2.71 bits per heavy atom. The van der Waals surface area contributed by atoms with Crippen LogP contribution in [0.1, 0.15) is 33.5 Å². The minimum Gasteiger partial charge on any atom is -0.344 e. The van der Waals surface area contributed by atoms with Crippen LogP contribution in [-0.2, 0) is 13.1 Å². The standard InChI is InChI=1S/C16H16IN5O2/c1-10-14(17)11(2)22(20-10)9-13-19-16(24-21-13)15(23)18-8-12-6-4-3-5-7-12/h3-7H,8-9H2,1-2H3,(H,18,23).